The number of aromatic nitrogens is 2. The zero-order valence-electron chi connectivity index (χ0n) is 13.2. The van der Waals surface area contributed by atoms with Crippen LogP contribution in [0, 0.1) is 5.92 Å². The molecule has 1 saturated heterocycles. The molecule has 3 rings (SSSR count). The Bertz CT molecular complexity index is 812. The van der Waals surface area contributed by atoms with E-state index in [1.807, 2.05) is 6.07 Å². The molecule has 9 heteroatoms. The van der Waals surface area contributed by atoms with Crippen molar-refractivity contribution in [3.8, 4) is 0 Å². The molecule has 0 bridgehead atoms. The number of rotatable bonds is 4. The minimum Gasteiger partial charge on any atom is -0.296 e. The van der Waals surface area contributed by atoms with Gasteiger partial charge in [0.25, 0.3) is 15.9 Å². The Labute approximate surface area is 144 Å². The van der Waals surface area contributed by atoms with E-state index in [4.69, 9.17) is 0 Å². The van der Waals surface area contributed by atoms with Crippen LogP contribution in [0.15, 0.2) is 34.7 Å². The Morgan fingerprint density at radius 3 is 2.54 bits per heavy atom. The monoisotopic (exact) mass is 366 g/mol. The molecule has 128 valence electrons. The molecular weight excluding hydrogens is 348 g/mol. The van der Waals surface area contributed by atoms with E-state index in [1.165, 1.54) is 4.31 Å². The zero-order valence-corrected chi connectivity index (χ0v) is 14.8. The summed E-state index contributed by atoms with van der Waals surface area (Å²) in [7, 11) is -3.64. The van der Waals surface area contributed by atoms with Crippen molar-refractivity contribution in [2.24, 2.45) is 5.92 Å². The Kier molecular flexibility index (Phi) is 4.93. The van der Waals surface area contributed by atoms with Crippen LogP contribution in [0.3, 0.4) is 0 Å². The number of anilines is 1. The van der Waals surface area contributed by atoms with Gasteiger partial charge in [0.15, 0.2) is 0 Å². The van der Waals surface area contributed by atoms with Crippen LogP contribution in [-0.2, 0) is 10.0 Å². The predicted molar refractivity (Wildman–Crippen MR) is 91.5 cm³/mol. The maximum absolute atomic E-state index is 12.6. The molecule has 1 N–H and O–H groups in total. The molecule has 0 aliphatic carbocycles. The van der Waals surface area contributed by atoms with E-state index in [9.17, 15) is 13.2 Å². The quantitative estimate of drug-likeness (QED) is 0.838. The van der Waals surface area contributed by atoms with Crippen LogP contribution in [0.4, 0.5) is 5.13 Å². The second-order valence-electron chi connectivity index (χ2n) is 5.78. The fourth-order valence-electron chi connectivity index (χ4n) is 2.46. The Morgan fingerprint density at radius 2 is 1.88 bits per heavy atom. The van der Waals surface area contributed by atoms with E-state index in [-0.39, 0.29) is 15.4 Å². The van der Waals surface area contributed by atoms with Gasteiger partial charge in [-0.1, -0.05) is 36.5 Å². The van der Waals surface area contributed by atoms with Crippen molar-refractivity contribution in [3.63, 3.8) is 0 Å². The van der Waals surface area contributed by atoms with Gasteiger partial charge in [-0.2, -0.15) is 4.31 Å². The van der Waals surface area contributed by atoms with Crippen molar-refractivity contribution in [1.82, 2.24) is 14.5 Å². The van der Waals surface area contributed by atoms with Gasteiger partial charge in [-0.3, -0.25) is 10.1 Å². The predicted octanol–water partition coefficient (Wildman–Crippen LogP) is 2.21. The van der Waals surface area contributed by atoms with Gasteiger partial charge in [-0.25, -0.2) is 8.42 Å². The minimum atomic E-state index is -3.64. The number of piperidine rings is 1. The van der Waals surface area contributed by atoms with Gasteiger partial charge in [0, 0.05) is 18.7 Å². The lowest BCUT2D eigenvalue weighted by Crippen LogP contribution is -2.37. The summed E-state index contributed by atoms with van der Waals surface area (Å²) < 4.78 is 26.5. The molecule has 0 unspecified atom stereocenters. The van der Waals surface area contributed by atoms with Crippen LogP contribution in [-0.4, -0.2) is 41.9 Å². The number of benzene rings is 1. The summed E-state index contributed by atoms with van der Waals surface area (Å²) in [5, 5.41) is 10.3. The molecule has 1 aliphatic heterocycles. The van der Waals surface area contributed by atoms with Gasteiger partial charge < -0.3 is 0 Å². The van der Waals surface area contributed by atoms with E-state index in [0.29, 0.717) is 24.6 Å². The summed E-state index contributed by atoms with van der Waals surface area (Å²) in [5.41, 5.74) is 0.474. The van der Waals surface area contributed by atoms with Crippen LogP contribution in [0.1, 0.15) is 30.1 Å². The fraction of sp³-hybridized carbons (Fsp3) is 0.400. The van der Waals surface area contributed by atoms with Gasteiger partial charge in [0.2, 0.25) is 9.47 Å². The second-order valence-corrected chi connectivity index (χ2v) is 8.87. The summed E-state index contributed by atoms with van der Waals surface area (Å²) in [4.78, 5) is 12.1. The van der Waals surface area contributed by atoms with E-state index < -0.39 is 10.0 Å². The number of carbonyl (C=O) groups excluding carboxylic acids is 1. The average Bonchev–Trinajstić information content (AvgIpc) is 3.05. The van der Waals surface area contributed by atoms with Crippen LogP contribution < -0.4 is 5.32 Å². The number of amides is 1. The normalized spacial score (nSPS) is 16.9. The SMILES string of the molecule is CC1CCN(S(=O)(=O)c2nnc(NC(=O)c3ccccc3)s2)CC1. The first-order valence-electron chi connectivity index (χ1n) is 7.67. The average molecular weight is 366 g/mol. The Balaban J connectivity index is 1.72. The lowest BCUT2D eigenvalue weighted by atomic mass is 10.0. The lowest BCUT2D eigenvalue weighted by Gasteiger charge is -2.28. The number of carbonyl (C=O) groups is 1. The van der Waals surface area contributed by atoms with Crippen molar-refractivity contribution in [2.45, 2.75) is 24.1 Å². The number of hydrogen-bond acceptors (Lipinski definition) is 6. The molecule has 1 fully saturated rings. The third-order valence-electron chi connectivity index (χ3n) is 3.97. The van der Waals surface area contributed by atoms with Gasteiger partial charge in [0.1, 0.15) is 0 Å². The van der Waals surface area contributed by atoms with Gasteiger partial charge in [-0.15, -0.1) is 10.2 Å². The highest BCUT2D eigenvalue weighted by atomic mass is 32.2. The smallest absolute Gasteiger partial charge is 0.272 e. The number of nitrogens with one attached hydrogen (secondary N) is 1. The summed E-state index contributed by atoms with van der Waals surface area (Å²) in [6, 6.07) is 8.65. The highest BCUT2D eigenvalue weighted by molar-refractivity contribution is 7.91. The first-order chi connectivity index (χ1) is 11.5. The maximum atomic E-state index is 12.6. The van der Waals surface area contributed by atoms with Gasteiger partial charge in [0.05, 0.1) is 0 Å². The molecule has 0 spiro atoms. The van der Waals surface area contributed by atoms with Crippen molar-refractivity contribution in [3.05, 3.63) is 35.9 Å². The highest BCUT2D eigenvalue weighted by Crippen LogP contribution is 2.27. The van der Waals surface area contributed by atoms with Crippen LogP contribution in [0.5, 0.6) is 0 Å². The molecule has 7 nitrogen and oxygen atoms in total. The molecule has 24 heavy (non-hydrogen) atoms. The molecule has 1 aliphatic rings. The van der Waals surface area contributed by atoms with Gasteiger partial charge in [-0.05, 0) is 30.9 Å². The molecule has 1 aromatic carbocycles. The standard InChI is InChI=1S/C15H18N4O3S2/c1-11-7-9-19(10-8-11)24(21,22)15-18-17-14(23-15)16-13(20)12-5-3-2-4-6-12/h2-6,11H,7-10H2,1H3,(H,16,17,20). The van der Waals surface area contributed by atoms with E-state index in [1.54, 1.807) is 24.3 Å². The molecule has 2 heterocycles. The Hall–Kier alpha value is -1.84. The molecule has 0 saturated carbocycles. The second kappa shape index (κ2) is 6.96. The first-order valence-corrected chi connectivity index (χ1v) is 9.92. The highest BCUT2D eigenvalue weighted by Gasteiger charge is 2.31. The van der Waals surface area contributed by atoms with E-state index >= 15 is 0 Å². The summed E-state index contributed by atoms with van der Waals surface area (Å²) in [6.07, 6.45) is 1.69. The first kappa shape index (κ1) is 17.0. The lowest BCUT2D eigenvalue weighted by molar-refractivity contribution is 0.102. The molecule has 0 atom stereocenters. The zero-order chi connectivity index (χ0) is 17.2. The van der Waals surface area contributed by atoms with E-state index in [0.717, 1.165) is 24.2 Å². The summed E-state index contributed by atoms with van der Waals surface area (Å²) in [6.45, 7) is 3.11. The third-order valence-corrected chi connectivity index (χ3v) is 7.05. The molecule has 1 amide bonds. The molecule has 1 aromatic heterocycles. The third kappa shape index (κ3) is 3.63. The number of sulfonamides is 1. The van der Waals surface area contributed by atoms with Crippen LogP contribution in [0.2, 0.25) is 0 Å². The number of nitrogens with zero attached hydrogens (tertiary/aromatic N) is 3. The van der Waals surface area contributed by atoms with Crippen LogP contribution >= 0.6 is 11.3 Å². The number of hydrogen-bond donors (Lipinski definition) is 1. The van der Waals surface area contributed by atoms with Gasteiger partial charge >= 0.3 is 0 Å². The van der Waals surface area contributed by atoms with Crippen LogP contribution in [0.25, 0.3) is 0 Å². The topological polar surface area (TPSA) is 92.3 Å². The summed E-state index contributed by atoms with van der Waals surface area (Å²) in [5.74, 6) is 0.189. The minimum absolute atomic E-state index is 0.0829. The Morgan fingerprint density at radius 1 is 1.21 bits per heavy atom. The van der Waals surface area contributed by atoms with E-state index in [2.05, 4.69) is 22.4 Å². The molecule has 2 aromatic rings. The van der Waals surface area contributed by atoms with Crippen molar-refractivity contribution in [1.29, 1.82) is 0 Å². The van der Waals surface area contributed by atoms with Crippen molar-refractivity contribution >= 4 is 32.4 Å². The fourth-order valence-corrected chi connectivity index (χ4v) is 4.96. The van der Waals surface area contributed by atoms with Crippen molar-refractivity contribution < 1.29 is 13.2 Å². The molecular formula is C15H18N4O3S2. The maximum Gasteiger partial charge on any atom is 0.272 e. The summed E-state index contributed by atoms with van der Waals surface area (Å²) >= 11 is 0.873. The van der Waals surface area contributed by atoms with Crippen molar-refractivity contribution in [2.75, 3.05) is 18.4 Å². The largest absolute Gasteiger partial charge is 0.296 e. The molecule has 0 radical (unpaired) electrons.